The van der Waals surface area contributed by atoms with Gasteiger partial charge in [0.15, 0.2) is 0 Å². The molecule has 0 saturated heterocycles. The first-order valence-electron chi connectivity index (χ1n) is 3.15. The molecule has 0 aliphatic heterocycles. The second-order valence-electron chi connectivity index (χ2n) is 2.05. The normalized spacial score (nSPS) is 9.50. The number of nitrogen functional groups attached to an aromatic ring is 1. The highest BCUT2D eigenvalue weighted by atomic mass is 35.5. The maximum Gasteiger partial charge on any atom is 0.339 e. The van der Waals surface area contributed by atoms with Gasteiger partial charge in [-0.1, -0.05) is 11.6 Å². The topological polar surface area (TPSA) is 65.2 Å². The zero-order valence-corrected chi connectivity index (χ0v) is 7.13. The summed E-state index contributed by atoms with van der Waals surface area (Å²) in [4.78, 5) is 14.7. The Labute approximate surface area is 74.3 Å². The Morgan fingerprint density at radius 1 is 1.75 bits per heavy atom. The molecular formula is C7H7ClN2O2. The van der Waals surface area contributed by atoms with Gasteiger partial charge in [-0.05, 0) is 6.07 Å². The fraction of sp³-hybridized carbons (Fsp3) is 0.143. The molecule has 0 aliphatic rings. The van der Waals surface area contributed by atoms with Crippen LogP contribution in [0.3, 0.4) is 0 Å². The van der Waals surface area contributed by atoms with Crippen molar-refractivity contribution in [1.82, 2.24) is 4.98 Å². The molecule has 12 heavy (non-hydrogen) atoms. The summed E-state index contributed by atoms with van der Waals surface area (Å²) in [6, 6.07) is 1.45. The molecule has 5 heteroatoms. The van der Waals surface area contributed by atoms with Gasteiger partial charge < -0.3 is 10.5 Å². The number of hydrogen-bond donors (Lipinski definition) is 1. The second-order valence-corrected chi connectivity index (χ2v) is 2.43. The minimum atomic E-state index is -0.519. The quantitative estimate of drug-likeness (QED) is 0.668. The van der Waals surface area contributed by atoms with E-state index in [1.54, 1.807) is 0 Å². The van der Waals surface area contributed by atoms with Crippen molar-refractivity contribution in [3.8, 4) is 0 Å². The van der Waals surface area contributed by atoms with Gasteiger partial charge in [0, 0.05) is 6.20 Å². The lowest BCUT2D eigenvalue weighted by molar-refractivity contribution is 0.0601. The van der Waals surface area contributed by atoms with Gasteiger partial charge in [0.25, 0.3) is 0 Å². The molecule has 0 saturated carbocycles. The number of anilines is 1. The van der Waals surface area contributed by atoms with Crippen molar-refractivity contribution < 1.29 is 9.53 Å². The molecule has 0 atom stereocenters. The minimum absolute atomic E-state index is 0.125. The number of esters is 1. The number of pyridine rings is 1. The SMILES string of the molecule is COC(=O)c1ccnc(N)c1Cl. The molecule has 2 N–H and O–H groups in total. The first kappa shape index (κ1) is 8.80. The van der Waals surface area contributed by atoms with Gasteiger partial charge in [0.2, 0.25) is 0 Å². The number of methoxy groups -OCH3 is 1. The monoisotopic (exact) mass is 186 g/mol. The maximum atomic E-state index is 11.0. The van der Waals surface area contributed by atoms with Crippen LogP contribution in [0.5, 0.6) is 0 Å². The molecule has 1 heterocycles. The molecule has 1 aromatic heterocycles. The van der Waals surface area contributed by atoms with Gasteiger partial charge in [-0.3, -0.25) is 0 Å². The van der Waals surface area contributed by atoms with E-state index in [-0.39, 0.29) is 16.4 Å². The Hall–Kier alpha value is -1.29. The summed E-state index contributed by atoms with van der Waals surface area (Å²) >= 11 is 5.68. The largest absolute Gasteiger partial charge is 0.465 e. The fourth-order valence-corrected chi connectivity index (χ4v) is 0.916. The number of aromatic nitrogens is 1. The van der Waals surface area contributed by atoms with Crippen LogP contribution in [0.25, 0.3) is 0 Å². The van der Waals surface area contributed by atoms with Gasteiger partial charge in [0.05, 0.1) is 17.7 Å². The van der Waals surface area contributed by atoms with Crippen LogP contribution in [0.15, 0.2) is 12.3 Å². The molecule has 0 aromatic carbocycles. The van der Waals surface area contributed by atoms with Crippen molar-refractivity contribution in [2.24, 2.45) is 0 Å². The summed E-state index contributed by atoms with van der Waals surface area (Å²) < 4.78 is 4.47. The number of ether oxygens (including phenoxy) is 1. The third-order valence-electron chi connectivity index (χ3n) is 1.32. The summed E-state index contributed by atoms with van der Waals surface area (Å²) in [5.74, 6) is -0.395. The maximum absolute atomic E-state index is 11.0. The molecular weight excluding hydrogens is 180 g/mol. The number of rotatable bonds is 1. The smallest absolute Gasteiger partial charge is 0.339 e. The third kappa shape index (κ3) is 1.48. The van der Waals surface area contributed by atoms with E-state index in [4.69, 9.17) is 17.3 Å². The highest BCUT2D eigenvalue weighted by molar-refractivity contribution is 6.35. The van der Waals surface area contributed by atoms with Crippen LogP contribution < -0.4 is 5.73 Å². The molecule has 0 fully saturated rings. The average molecular weight is 187 g/mol. The van der Waals surface area contributed by atoms with Crippen LogP contribution in [0.1, 0.15) is 10.4 Å². The zero-order valence-electron chi connectivity index (χ0n) is 6.37. The summed E-state index contributed by atoms with van der Waals surface area (Å²) in [7, 11) is 1.27. The first-order valence-corrected chi connectivity index (χ1v) is 3.53. The molecule has 4 nitrogen and oxygen atoms in total. The molecule has 0 radical (unpaired) electrons. The molecule has 0 spiro atoms. The Morgan fingerprint density at radius 3 is 3.00 bits per heavy atom. The van der Waals surface area contributed by atoms with Crippen molar-refractivity contribution in [1.29, 1.82) is 0 Å². The summed E-state index contributed by atoms with van der Waals surface area (Å²) in [6.07, 6.45) is 1.40. The second kappa shape index (κ2) is 3.40. The Bertz CT molecular complexity index is 314. The van der Waals surface area contributed by atoms with Gasteiger partial charge in [-0.2, -0.15) is 0 Å². The number of nitrogens with two attached hydrogens (primary N) is 1. The van der Waals surface area contributed by atoms with E-state index in [1.807, 2.05) is 0 Å². The van der Waals surface area contributed by atoms with Crippen molar-refractivity contribution in [2.75, 3.05) is 12.8 Å². The van der Waals surface area contributed by atoms with E-state index in [2.05, 4.69) is 9.72 Å². The average Bonchev–Trinajstić information content (AvgIpc) is 2.08. The molecule has 0 unspecified atom stereocenters. The lowest BCUT2D eigenvalue weighted by Crippen LogP contribution is -2.04. The van der Waals surface area contributed by atoms with Crippen LogP contribution in [0, 0.1) is 0 Å². The van der Waals surface area contributed by atoms with Crippen molar-refractivity contribution in [3.05, 3.63) is 22.8 Å². The number of halogens is 1. The molecule has 0 bridgehead atoms. The van der Waals surface area contributed by atoms with Crippen LogP contribution in [0.4, 0.5) is 5.82 Å². The van der Waals surface area contributed by atoms with Crippen LogP contribution >= 0.6 is 11.6 Å². The minimum Gasteiger partial charge on any atom is -0.465 e. The van der Waals surface area contributed by atoms with Gasteiger partial charge in [-0.25, -0.2) is 9.78 Å². The van der Waals surface area contributed by atoms with E-state index in [1.165, 1.54) is 19.4 Å². The lowest BCUT2D eigenvalue weighted by Gasteiger charge is -2.02. The van der Waals surface area contributed by atoms with Crippen LogP contribution in [-0.2, 0) is 4.74 Å². The van der Waals surface area contributed by atoms with Crippen molar-refractivity contribution in [2.45, 2.75) is 0 Å². The standard InChI is InChI=1S/C7H7ClN2O2/c1-12-7(11)4-2-3-10-6(9)5(4)8/h2-3H,1H3,(H2,9,10). The molecule has 64 valence electrons. The van der Waals surface area contributed by atoms with E-state index in [9.17, 15) is 4.79 Å². The zero-order chi connectivity index (χ0) is 9.14. The van der Waals surface area contributed by atoms with Crippen molar-refractivity contribution >= 4 is 23.4 Å². The lowest BCUT2D eigenvalue weighted by atomic mass is 10.2. The number of nitrogens with zero attached hydrogens (tertiary/aromatic N) is 1. The molecule has 0 aliphatic carbocycles. The third-order valence-corrected chi connectivity index (χ3v) is 1.72. The summed E-state index contributed by atoms with van der Waals surface area (Å²) in [5.41, 5.74) is 5.59. The fourth-order valence-electron chi connectivity index (χ4n) is 0.728. The van der Waals surface area contributed by atoms with Crippen molar-refractivity contribution in [3.63, 3.8) is 0 Å². The van der Waals surface area contributed by atoms with E-state index >= 15 is 0 Å². The van der Waals surface area contributed by atoms with E-state index < -0.39 is 5.97 Å². The summed E-state index contributed by atoms with van der Waals surface area (Å²) in [5, 5.41) is 0.129. The predicted molar refractivity (Wildman–Crippen MR) is 45.0 cm³/mol. The van der Waals surface area contributed by atoms with Crippen LogP contribution in [-0.4, -0.2) is 18.1 Å². The Kier molecular flexibility index (Phi) is 2.50. The Balaban J connectivity index is 3.16. The van der Waals surface area contributed by atoms with E-state index in [0.717, 1.165) is 0 Å². The molecule has 1 aromatic rings. The molecule has 1 rings (SSSR count). The Morgan fingerprint density at radius 2 is 2.42 bits per heavy atom. The summed E-state index contributed by atoms with van der Waals surface area (Å²) in [6.45, 7) is 0. The number of carbonyl (C=O) groups is 1. The van der Waals surface area contributed by atoms with E-state index in [0.29, 0.717) is 0 Å². The van der Waals surface area contributed by atoms with Gasteiger partial charge in [-0.15, -0.1) is 0 Å². The molecule has 0 amide bonds. The van der Waals surface area contributed by atoms with Crippen LogP contribution in [0.2, 0.25) is 5.02 Å². The highest BCUT2D eigenvalue weighted by Gasteiger charge is 2.12. The highest BCUT2D eigenvalue weighted by Crippen LogP contribution is 2.20. The van der Waals surface area contributed by atoms with Gasteiger partial charge >= 0.3 is 5.97 Å². The first-order chi connectivity index (χ1) is 5.66. The van der Waals surface area contributed by atoms with Gasteiger partial charge in [0.1, 0.15) is 5.82 Å². The number of hydrogen-bond acceptors (Lipinski definition) is 4. The predicted octanol–water partition coefficient (Wildman–Crippen LogP) is 1.10. The number of carbonyl (C=O) groups excluding carboxylic acids is 1.